The molecule has 0 atom stereocenters. The van der Waals surface area contributed by atoms with Crippen LogP contribution in [0.5, 0.6) is 0 Å². The van der Waals surface area contributed by atoms with E-state index in [0.29, 0.717) is 6.54 Å². The monoisotopic (exact) mass is 462 g/mol. The minimum Gasteiger partial charge on any atom is -0.318 e. The van der Waals surface area contributed by atoms with Crippen LogP contribution in [0.15, 0.2) is 70.1 Å². The zero-order chi connectivity index (χ0) is 23.7. The molecule has 1 aromatic heterocycles. The van der Waals surface area contributed by atoms with Gasteiger partial charge in [-0.15, -0.1) is 0 Å². The van der Waals surface area contributed by atoms with Gasteiger partial charge < -0.3 is 9.88 Å². The van der Waals surface area contributed by atoms with Gasteiger partial charge in [0.25, 0.3) is 11.6 Å². The van der Waals surface area contributed by atoms with Crippen LogP contribution in [-0.2, 0) is 4.79 Å². The van der Waals surface area contributed by atoms with Gasteiger partial charge in [0.1, 0.15) is 5.70 Å². The second-order valence-corrected chi connectivity index (χ2v) is 8.69. The van der Waals surface area contributed by atoms with Crippen LogP contribution >= 0.6 is 11.8 Å². The fourth-order valence-electron chi connectivity index (χ4n) is 3.78. The number of hydrogen-bond acceptors (Lipinski definition) is 5. The molecule has 2 aromatic carbocycles. The summed E-state index contributed by atoms with van der Waals surface area (Å²) in [5.74, 6) is -0.320. The SMILES string of the molecule is CCN1C(=O)N/C(=C/c2cc(C)n(-c3ccc(Sc4ccc([N+](=O)[O-])cc4)cc3)c2C)C1=O. The lowest BCUT2D eigenvalue weighted by Crippen LogP contribution is -2.30. The first kappa shape index (κ1) is 22.3. The number of nitrogens with zero attached hydrogens (tertiary/aromatic N) is 3. The molecule has 1 fully saturated rings. The summed E-state index contributed by atoms with van der Waals surface area (Å²) < 4.78 is 2.09. The minimum absolute atomic E-state index is 0.0697. The molecule has 0 unspecified atom stereocenters. The predicted molar refractivity (Wildman–Crippen MR) is 126 cm³/mol. The molecule has 168 valence electrons. The van der Waals surface area contributed by atoms with Gasteiger partial charge in [-0.25, -0.2) is 4.79 Å². The molecule has 1 aliphatic heterocycles. The Bertz CT molecular complexity index is 1280. The number of non-ortho nitro benzene ring substituents is 1. The van der Waals surface area contributed by atoms with Crippen molar-refractivity contribution in [1.29, 1.82) is 0 Å². The van der Waals surface area contributed by atoms with E-state index in [9.17, 15) is 19.7 Å². The quantitative estimate of drug-likeness (QED) is 0.239. The minimum atomic E-state index is -0.411. The molecule has 1 aliphatic rings. The van der Waals surface area contributed by atoms with Crippen molar-refractivity contribution in [2.24, 2.45) is 0 Å². The summed E-state index contributed by atoms with van der Waals surface area (Å²) >= 11 is 1.53. The van der Waals surface area contributed by atoms with E-state index < -0.39 is 11.0 Å². The maximum Gasteiger partial charge on any atom is 0.328 e. The molecule has 8 nitrogen and oxygen atoms in total. The number of hydrogen-bond donors (Lipinski definition) is 1. The topological polar surface area (TPSA) is 97.5 Å². The van der Waals surface area contributed by atoms with Crippen LogP contribution in [0.1, 0.15) is 23.9 Å². The summed E-state index contributed by atoms with van der Waals surface area (Å²) in [4.78, 5) is 37.8. The third-order valence-electron chi connectivity index (χ3n) is 5.43. The molecule has 0 radical (unpaired) electrons. The fraction of sp³-hybridized carbons (Fsp3) is 0.167. The number of aromatic nitrogens is 1. The number of nitro benzene ring substituents is 1. The summed E-state index contributed by atoms with van der Waals surface area (Å²) in [5.41, 5.74) is 4.13. The van der Waals surface area contributed by atoms with Crippen molar-refractivity contribution < 1.29 is 14.5 Å². The van der Waals surface area contributed by atoms with Crippen molar-refractivity contribution in [3.8, 4) is 5.69 Å². The van der Waals surface area contributed by atoms with E-state index in [1.807, 2.05) is 44.2 Å². The average molecular weight is 463 g/mol. The van der Waals surface area contributed by atoms with Crippen LogP contribution in [0.3, 0.4) is 0 Å². The molecule has 3 aromatic rings. The van der Waals surface area contributed by atoms with Gasteiger partial charge in [0.15, 0.2) is 0 Å². The number of likely N-dealkylation sites (N-methyl/N-ethyl adjacent to an activating group) is 1. The second-order valence-electron chi connectivity index (χ2n) is 7.55. The van der Waals surface area contributed by atoms with Crippen LogP contribution in [0.25, 0.3) is 11.8 Å². The van der Waals surface area contributed by atoms with Crippen LogP contribution in [0.4, 0.5) is 10.5 Å². The van der Waals surface area contributed by atoms with E-state index in [1.54, 1.807) is 25.1 Å². The van der Waals surface area contributed by atoms with Crippen molar-refractivity contribution in [1.82, 2.24) is 14.8 Å². The van der Waals surface area contributed by atoms with E-state index in [-0.39, 0.29) is 17.3 Å². The van der Waals surface area contributed by atoms with Gasteiger partial charge in [0.05, 0.1) is 4.92 Å². The standard InChI is InChI=1S/C24H22N4O4S/c1-4-26-23(29)22(25-24(26)30)14-17-13-15(2)27(16(17)3)18-5-9-20(10-6-18)33-21-11-7-19(8-12-21)28(31)32/h5-14H,4H2,1-3H3,(H,25,30)/b22-14+. The number of carbonyl (C=O) groups excluding carboxylic acids is 2. The number of amides is 3. The number of urea groups is 1. The van der Waals surface area contributed by atoms with Gasteiger partial charge in [-0.2, -0.15) is 0 Å². The van der Waals surface area contributed by atoms with Gasteiger partial charge >= 0.3 is 6.03 Å². The van der Waals surface area contributed by atoms with E-state index in [4.69, 9.17) is 0 Å². The predicted octanol–water partition coefficient (Wildman–Crippen LogP) is 5.07. The first-order valence-corrected chi connectivity index (χ1v) is 11.2. The third-order valence-corrected chi connectivity index (χ3v) is 6.44. The van der Waals surface area contributed by atoms with Crippen LogP contribution < -0.4 is 5.32 Å². The molecule has 3 amide bonds. The van der Waals surface area contributed by atoms with Gasteiger partial charge in [-0.3, -0.25) is 19.8 Å². The van der Waals surface area contributed by atoms with Crippen molar-refractivity contribution in [2.75, 3.05) is 6.54 Å². The number of benzene rings is 2. The van der Waals surface area contributed by atoms with Crippen LogP contribution in [0, 0.1) is 24.0 Å². The fourth-order valence-corrected chi connectivity index (χ4v) is 4.60. The molecule has 0 bridgehead atoms. The molecule has 33 heavy (non-hydrogen) atoms. The third kappa shape index (κ3) is 4.40. The maximum atomic E-state index is 12.4. The van der Waals surface area contributed by atoms with Crippen LogP contribution in [-0.4, -0.2) is 32.9 Å². The summed E-state index contributed by atoms with van der Waals surface area (Å²) in [7, 11) is 0. The second kappa shape index (κ2) is 8.95. The highest BCUT2D eigenvalue weighted by molar-refractivity contribution is 7.99. The first-order chi connectivity index (χ1) is 15.8. The Morgan fingerprint density at radius 1 is 1.03 bits per heavy atom. The normalized spacial score (nSPS) is 14.8. The Morgan fingerprint density at radius 3 is 2.18 bits per heavy atom. The highest BCUT2D eigenvalue weighted by atomic mass is 32.2. The molecule has 0 spiro atoms. The molecule has 1 saturated heterocycles. The highest BCUT2D eigenvalue weighted by Gasteiger charge is 2.32. The van der Waals surface area contributed by atoms with Gasteiger partial charge in [-0.05, 0) is 74.9 Å². The summed E-state index contributed by atoms with van der Waals surface area (Å²) in [6.45, 7) is 6.04. The lowest BCUT2D eigenvalue weighted by atomic mass is 10.2. The lowest BCUT2D eigenvalue weighted by molar-refractivity contribution is -0.384. The molecular formula is C24H22N4O4S. The molecule has 9 heteroatoms. The highest BCUT2D eigenvalue weighted by Crippen LogP contribution is 2.31. The number of rotatable bonds is 6. The van der Waals surface area contributed by atoms with Gasteiger partial charge in [0, 0.05) is 45.5 Å². The number of aryl methyl sites for hydroxylation is 1. The molecular weight excluding hydrogens is 440 g/mol. The number of nitro groups is 1. The first-order valence-electron chi connectivity index (χ1n) is 10.3. The molecule has 4 rings (SSSR count). The Kier molecular flexibility index (Phi) is 6.06. The summed E-state index contributed by atoms with van der Waals surface area (Å²) in [6, 6.07) is 16.1. The van der Waals surface area contributed by atoms with Crippen molar-refractivity contribution in [2.45, 2.75) is 30.6 Å². The molecule has 2 heterocycles. The van der Waals surface area contributed by atoms with Gasteiger partial charge in [-0.1, -0.05) is 11.8 Å². The number of carbonyl (C=O) groups is 2. The Labute approximate surface area is 195 Å². The van der Waals surface area contributed by atoms with E-state index in [1.165, 1.54) is 28.8 Å². The molecule has 0 saturated carbocycles. The van der Waals surface area contributed by atoms with Crippen molar-refractivity contribution in [3.63, 3.8) is 0 Å². The van der Waals surface area contributed by atoms with E-state index in [2.05, 4.69) is 9.88 Å². The summed E-state index contributed by atoms with van der Waals surface area (Å²) in [6.07, 6.45) is 1.72. The van der Waals surface area contributed by atoms with Gasteiger partial charge in [0.2, 0.25) is 0 Å². The van der Waals surface area contributed by atoms with E-state index >= 15 is 0 Å². The van der Waals surface area contributed by atoms with Crippen molar-refractivity contribution in [3.05, 3.63) is 87.4 Å². The zero-order valence-electron chi connectivity index (χ0n) is 18.4. The lowest BCUT2D eigenvalue weighted by Gasteiger charge is -2.11. The Hall–Kier alpha value is -3.85. The maximum absolute atomic E-state index is 12.4. The Morgan fingerprint density at radius 2 is 1.64 bits per heavy atom. The largest absolute Gasteiger partial charge is 0.328 e. The summed E-state index contributed by atoms with van der Waals surface area (Å²) in [5, 5.41) is 13.4. The Balaban J connectivity index is 1.56. The van der Waals surface area contributed by atoms with Crippen molar-refractivity contribution >= 4 is 35.5 Å². The number of nitrogens with one attached hydrogen (secondary N) is 1. The zero-order valence-corrected chi connectivity index (χ0v) is 19.2. The average Bonchev–Trinajstić information content (AvgIpc) is 3.22. The number of imide groups is 1. The van der Waals surface area contributed by atoms with E-state index in [0.717, 1.165) is 32.4 Å². The molecule has 0 aliphatic carbocycles. The van der Waals surface area contributed by atoms with Crippen LogP contribution in [0.2, 0.25) is 0 Å². The smallest absolute Gasteiger partial charge is 0.318 e. The molecule has 1 N–H and O–H groups in total.